The molecule has 0 N–H and O–H groups in total. The van der Waals surface area contributed by atoms with E-state index in [1.807, 2.05) is 0 Å². The van der Waals surface area contributed by atoms with Gasteiger partial charge in [-0.1, -0.05) is 27.7 Å². The predicted octanol–water partition coefficient (Wildman–Crippen LogP) is 2.88. The molecule has 1 unspecified atom stereocenters. The summed E-state index contributed by atoms with van der Waals surface area (Å²) >= 11 is 0. The van der Waals surface area contributed by atoms with Gasteiger partial charge in [-0.2, -0.15) is 0 Å². The molecule has 0 bridgehead atoms. The van der Waals surface area contributed by atoms with Crippen LogP contribution in [0, 0.1) is 11.3 Å². The molecule has 0 aromatic heterocycles. The maximum absolute atomic E-state index is 5.61. The van der Waals surface area contributed by atoms with Crippen molar-refractivity contribution in [2.75, 3.05) is 6.61 Å². The number of aliphatic imine (C=N–C) groups is 1. The molecule has 0 spiro atoms. The summed E-state index contributed by atoms with van der Waals surface area (Å²) in [4.78, 5) is 4.58. The summed E-state index contributed by atoms with van der Waals surface area (Å²) in [6.45, 7) is 13.8. The van der Waals surface area contributed by atoms with Gasteiger partial charge in [0, 0.05) is 5.92 Å². The monoisotopic (exact) mass is 183 g/mol. The summed E-state index contributed by atoms with van der Waals surface area (Å²) in [5.41, 5.74) is 0.216. The van der Waals surface area contributed by atoms with Crippen molar-refractivity contribution < 1.29 is 4.74 Å². The zero-order valence-electron chi connectivity index (χ0n) is 9.64. The average molecular weight is 183 g/mol. The highest BCUT2D eigenvalue weighted by Crippen LogP contribution is 2.31. The summed E-state index contributed by atoms with van der Waals surface area (Å²) in [6.07, 6.45) is 0. The highest BCUT2D eigenvalue weighted by atomic mass is 16.5. The number of rotatable bonds is 1. The summed E-state index contributed by atoms with van der Waals surface area (Å²) in [7, 11) is 0. The van der Waals surface area contributed by atoms with Crippen molar-refractivity contribution in [1.29, 1.82) is 0 Å². The quantitative estimate of drug-likeness (QED) is 0.612. The van der Waals surface area contributed by atoms with E-state index in [0.29, 0.717) is 5.92 Å². The zero-order chi connectivity index (χ0) is 10.3. The number of nitrogens with zero attached hydrogens (tertiary/aromatic N) is 1. The molecule has 0 radical (unpaired) electrons. The van der Waals surface area contributed by atoms with Crippen LogP contribution >= 0.6 is 0 Å². The Balaban J connectivity index is 2.76. The lowest BCUT2D eigenvalue weighted by atomic mass is 9.82. The minimum absolute atomic E-state index is 0.0190. The van der Waals surface area contributed by atoms with Gasteiger partial charge >= 0.3 is 0 Å². The second-order valence-electron chi connectivity index (χ2n) is 5.64. The van der Waals surface area contributed by atoms with E-state index in [2.05, 4.69) is 46.5 Å². The molecule has 1 rings (SSSR count). The smallest absolute Gasteiger partial charge is 0.187 e. The first kappa shape index (κ1) is 10.6. The molecule has 0 saturated heterocycles. The third-order valence-corrected chi connectivity index (χ3v) is 2.66. The van der Waals surface area contributed by atoms with Gasteiger partial charge in [0.25, 0.3) is 0 Å². The van der Waals surface area contributed by atoms with Crippen LogP contribution in [-0.4, -0.2) is 18.0 Å². The van der Waals surface area contributed by atoms with Crippen molar-refractivity contribution in [2.45, 2.75) is 47.1 Å². The Kier molecular flexibility index (Phi) is 2.44. The Morgan fingerprint density at radius 2 is 1.92 bits per heavy atom. The topological polar surface area (TPSA) is 21.6 Å². The fourth-order valence-electron chi connectivity index (χ4n) is 1.21. The standard InChI is InChI=1S/C11H21NO/c1-8(10(2,3)4)9-12-11(5,6)7-13-9/h8H,7H2,1-6H3. The van der Waals surface area contributed by atoms with Crippen molar-refractivity contribution in [3.8, 4) is 0 Å². The number of hydrogen-bond acceptors (Lipinski definition) is 2. The summed E-state index contributed by atoms with van der Waals surface area (Å²) < 4.78 is 5.61. The molecule has 76 valence electrons. The SMILES string of the molecule is CC(C1=NC(C)(C)CO1)C(C)(C)C. The van der Waals surface area contributed by atoms with Crippen LogP contribution in [0.25, 0.3) is 0 Å². The second kappa shape index (κ2) is 3.00. The Morgan fingerprint density at radius 1 is 1.38 bits per heavy atom. The molecule has 0 amide bonds. The van der Waals surface area contributed by atoms with Crippen LogP contribution in [0.3, 0.4) is 0 Å². The third kappa shape index (κ3) is 2.45. The van der Waals surface area contributed by atoms with E-state index in [1.165, 1.54) is 0 Å². The molecule has 1 aliphatic rings. The summed E-state index contributed by atoms with van der Waals surface area (Å²) in [5, 5.41) is 0. The Labute approximate surface area is 81.4 Å². The van der Waals surface area contributed by atoms with E-state index in [9.17, 15) is 0 Å². The van der Waals surface area contributed by atoms with Gasteiger partial charge in [-0.3, -0.25) is 0 Å². The van der Waals surface area contributed by atoms with Gasteiger partial charge in [0.05, 0.1) is 5.54 Å². The molecular weight excluding hydrogens is 162 g/mol. The fourth-order valence-corrected chi connectivity index (χ4v) is 1.21. The molecule has 1 heterocycles. The maximum atomic E-state index is 5.61. The molecule has 2 nitrogen and oxygen atoms in total. The van der Waals surface area contributed by atoms with E-state index >= 15 is 0 Å². The van der Waals surface area contributed by atoms with Gasteiger partial charge < -0.3 is 4.74 Å². The first-order valence-electron chi connectivity index (χ1n) is 4.95. The molecule has 1 aliphatic heterocycles. The Bertz CT molecular complexity index is 223. The lowest BCUT2D eigenvalue weighted by molar-refractivity contribution is 0.235. The van der Waals surface area contributed by atoms with E-state index < -0.39 is 0 Å². The van der Waals surface area contributed by atoms with Gasteiger partial charge in [-0.25, -0.2) is 4.99 Å². The average Bonchev–Trinajstić information content (AvgIpc) is 2.26. The van der Waals surface area contributed by atoms with E-state index in [1.54, 1.807) is 0 Å². The maximum Gasteiger partial charge on any atom is 0.187 e. The van der Waals surface area contributed by atoms with Crippen molar-refractivity contribution in [3.63, 3.8) is 0 Å². The summed E-state index contributed by atoms with van der Waals surface area (Å²) in [5.74, 6) is 1.33. The van der Waals surface area contributed by atoms with E-state index in [4.69, 9.17) is 4.74 Å². The minimum Gasteiger partial charge on any atom is -0.478 e. The van der Waals surface area contributed by atoms with E-state index in [-0.39, 0.29) is 11.0 Å². The molecule has 2 heteroatoms. The van der Waals surface area contributed by atoms with Crippen LogP contribution in [0.4, 0.5) is 0 Å². The lowest BCUT2D eigenvalue weighted by Crippen LogP contribution is -2.25. The molecule has 0 aliphatic carbocycles. The number of ether oxygens (including phenoxy) is 1. The lowest BCUT2D eigenvalue weighted by Gasteiger charge is -2.26. The minimum atomic E-state index is -0.0190. The van der Waals surface area contributed by atoms with Crippen molar-refractivity contribution in [2.24, 2.45) is 16.3 Å². The van der Waals surface area contributed by atoms with Gasteiger partial charge in [0.1, 0.15) is 6.61 Å². The normalized spacial score (nSPS) is 23.7. The molecule has 13 heavy (non-hydrogen) atoms. The Hall–Kier alpha value is -0.530. The fraction of sp³-hybridized carbons (Fsp3) is 0.909. The largest absolute Gasteiger partial charge is 0.478 e. The molecular formula is C11H21NO. The van der Waals surface area contributed by atoms with Gasteiger partial charge in [0.2, 0.25) is 0 Å². The molecule has 0 saturated carbocycles. The van der Waals surface area contributed by atoms with Crippen LogP contribution in [0.1, 0.15) is 41.5 Å². The van der Waals surface area contributed by atoms with Crippen LogP contribution < -0.4 is 0 Å². The van der Waals surface area contributed by atoms with Crippen LogP contribution in [0.5, 0.6) is 0 Å². The van der Waals surface area contributed by atoms with Gasteiger partial charge in [-0.15, -0.1) is 0 Å². The molecule has 0 aromatic carbocycles. The summed E-state index contributed by atoms with van der Waals surface area (Å²) in [6, 6.07) is 0. The second-order valence-corrected chi connectivity index (χ2v) is 5.64. The highest BCUT2D eigenvalue weighted by Gasteiger charge is 2.33. The van der Waals surface area contributed by atoms with E-state index in [0.717, 1.165) is 12.5 Å². The van der Waals surface area contributed by atoms with Crippen molar-refractivity contribution >= 4 is 5.90 Å². The first-order valence-corrected chi connectivity index (χ1v) is 4.95. The zero-order valence-corrected chi connectivity index (χ0v) is 9.64. The molecule has 0 fully saturated rings. The van der Waals surface area contributed by atoms with Gasteiger partial charge in [-0.05, 0) is 19.3 Å². The van der Waals surface area contributed by atoms with Crippen LogP contribution in [0.15, 0.2) is 4.99 Å². The molecule has 0 aromatic rings. The molecule has 1 atom stereocenters. The van der Waals surface area contributed by atoms with Crippen molar-refractivity contribution in [3.05, 3.63) is 0 Å². The third-order valence-electron chi connectivity index (χ3n) is 2.66. The highest BCUT2D eigenvalue weighted by molar-refractivity contribution is 5.81. The van der Waals surface area contributed by atoms with Gasteiger partial charge in [0.15, 0.2) is 5.90 Å². The predicted molar refractivity (Wildman–Crippen MR) is 56.1 cm³/mol. The van der Waals surface area contributed by atoms with Crippen LogP contribution in [-0.2, 0) is 4.74 Å². The Morgan fingerprint density at radius 3 is 2.23 bits per heavy atom. The van der Waals surface area contributed by atoms with Crippen LogP contribution in [0.2, 0.25) is 0 Å². The number of hydrogen-bond donors (Lipinski definition) is 0. The first-order chi connectivity index (χ1) is 5.72. The van der Waals surface area contributed by atoms with Crippen molar-refractivity contribution in [1.82, 2.24) is 0 Å².